The van der Waals surface area contributed by atoms with Crippen LogP contribution in [0.15, 0.2) is 0 Å². The highest BCUT2D eigenvalue weighted by molar-refractivity contribution is 5.66. The molecule has 1 aromatic heterocycles. The quantitative estimate of drug-likeness (QED) is 0.664. The van der Waals surface area contributed by atoms with E-state index in [9.17, 15) is 4.79 Å². The van der Waals surface area contributed by atoms with Crippen LogP contribution in [-0.4, -0.2) is 31.3 Å². The van der Waals surface area contributed by atoms with E-state index in [2.05, 4.69) is 22.4 Å². The molecule has 0 aliphatic heterocycles. The van der Waals surface area contributed by atoms with Gasteiger partial charge in [0.25, 0.3) is 0 Å². The molecule has 6 nitrogen and oxygen atoms in total. The zero-order valence-corrected chi connectivity index (χ0v) is 10.3. The first kappa shape index (κ1) is 13.6. The summed E-state index contributed by atoms with van der Waals surface area (Å²) < 4.78 is 1.72. The summed E-state index contributed by atoms with van der Waals surface area (Å²) in [7, 11) is 0. The molecule has 0 atom stereocenters. The van der Waals surface area contributed by atoms with E-state index in [0.29, 0.717) is 12.2 Å². The Bertz CT molecular complexity index is 338. The summed E-state index contributed by atoms with van der Waals surface area (Å²) in [5.41, 5.74) is 0. The van der Waals surface area contributed by atoms with Crippen molar-refractivity contribution in [2.75, 3.05) is 0 Å². The van der Waals surface area contributed by atoms with Gasteiger partial charge < -0.3 is 5.11 Å². The summed E-state index contributed by atoms with van der Waals surface area (Å²) in [6.45, 7) is 2.97. The van der Waals surface area contributed by atoms with Crippen LogP contribution in [0.25, 0.3) is 0 Å². The van der Waals surface area contributed by atoms with Gasteiger partial charge in [-0.05, 0) is 16.8 Å². The molecule has 17 heavy (non-hydrogen) atoms. The largest absolute Gasteiger partial charge is 0.481 e. The second-order valence-corrected chi connectivity index (χ2v) is 4.13. The van der Waals surface area contributed by atoms with Gasteiger partial charge in [0, 0.05) is 13.0 Å². The van der Waals surface area contributed by atoms with Crippen molar-refractivity contribution in [1.29, 1.82) is 0 Å². The molecule has 0 aromatic carbocycles. The summed E-state index contributed by atoms with van der Waals surface area (Å²) in [4.78, 5) is 10.5. The zero-order chi connectivity index (χ0) is 12.5. The highest BCUT2D eigenvalue weighted by Gasteiger charge is 2.07. The minimum absolute atomic E-state index is 0.0796. The Morgan fingerprint density at radius 1 is 1.29 bits per heavy atom. The fraction of sp³-hybridized carbons (Fsp3) is 0.818. The molecular weight excluding hydrogens is 220 g/mol. The number of carboxylic acids is 1. The maximum absolute atomic E-state index is 10.5. The van der Waals surface area contributed by atoms with Crippen LogP contribution in [0, 0.1) is 0 Å². The second kappa shape index (κ2) is 7.76. The Labute approximate surface area is 101 Å². The minimum Gasteiger partial charge on any atom is -0.481 e. The monoisotopic (exact) mass is 240 g/mol. The summed E-state index contributed by atoms with van der Waals surface area (Å²) in [5.74, 6) is -0.148. The van der Waals surface area contributed by atoms with Gasteiger partial charge in [0.05, 0.1) is 6.42 Å². The first-order valence-electron chi connectivity index (χ1n) is 6.21. The van der Waals surface area contributed by atoms with Crippen LogP contribution in [-0.2, 0) is 17.8 Å². The molecule has 0 aliphatic carbocycles. The summed E-state index contributed by atoms with van der Waals surface area (Å²) in [6, 6.07) is 0. The zero-order valence-electron chi connectivity index (χ0n) is 10.3. The molecule has 0 fully saturated rings. The molecule has 0 amide bonds. The first-order valence-corrected chi connectivity index (χ1v) is 6.21. The van der Waals surface area contributed by atoms with E-state index in [1.54, 1.807) is 4.68 Å². The predicted octanol–water partition coefficient (Wildman–Crippen LogP) is 1.66. The highest BCUT2D eigenvalue weighted by atomic mass is 16.4. The molecule has 96 valence electrons. The minimum atomic E-state index is -0.817. The van der Waals surface area contributed by atoms with E-state index in [1.807, 2.05) is 0 Å². The van der Waals surface area contributed by atoms with Crippen molar-refractivity contribution in [1.82, 2.24) is 20.2 Å². The van der Waals surface area contributed by atoms with Crippen molar-refractivity contribution in [2.24, 2.45) is 0 Å². The lowest BCUT2D eigenvalue weighted by Gasteiger charge is -2.03. The Morgan fingerprint density at radius 3 is 2.76 bits per heavy atom. The van der Waals surface area contributed by atoms with Crippen LogP contribution in [0.3, 0.4) is 0 Å². The van der Waals surface area contributed by atoms with Crippen LogP contribution in [0.4, 0.5) is 0 Å². The molecule has 0 bridgehead atoms. The number of carboxylic acid groups (broad SMARTS) is 1. The number of hydrogen-bond donors (Lipinski definition) is 1. The van der Waals surface area contributed by atoms with Crippen molar-refractivity contribution in [2.45, 2.75) is 58.4 Å². The number of aryl methyl sites for hydroxylation is 2. The lowest BCUT2D eigenvalue weighted by atomic mass is 10.1. The first-order chi connectivity index (χ1) is 8.24. The fourth-order valence-electron chi connectivity index (χ4n) is 1.66. The molecule has 6 heteroatoms. The van der Waals surface area contributed by atoms with Gasteiger partial charge >= 0.3 is 5.97 Å². The maximum atomic E-state index is 10.5. The predicted molar refractivity (Wildman–Crippen MR) is 62.5 cm³/mol. The van der Waals surface area contributed by atoms with Crippen molar-refractivity contribution in [3.05, 3.63) is 5.82 Å². The number of rotatable bonds is 9. The van der Waals surface area contributed by atoms with Crippen LogP contribution in [0.5, 0.6) is 0 Å². The Morgan fingerprint density at radius 2 is 2.06 bits per heavy atom. The number of aliphatic carboxylic acids is 1. The molecule has 1 heterocycles. The summed E-state index contributed by atoms with van der Waals surface area (Å²) in [5, 5.41) is 19.9. The van der Waals surface area contributed by atoms with E-state index in [1.165, 1.54) is 25.7 Å². The SMILES string of the molecule is CCCCCCCn1nnnc1CCC(=O)O. The lowest BCUT2D eigenvalue weighted by Crippen LogP contribution is -2.08. The third-order valence-corrected chi connectivity index (χ3v) is 2.64. The molecule has 0 unspecified atom stereocenters. The van der Waals surface area contributed by atoms with Gasteiger partial charge in [0.15, 0.2) is 5.82 Å². The number of nitrogens with zero attached hydrogens (tertiary/aromatic N) is 4. The molecule has 1 N–H and O–H groups in total. The second-order valence-electron chi connectivity index (χ2n) is 4.13. The highest BCUT2D eigenvalue weighted by Crippen LogP contribution is 2.05. The fourth-order valence-corrected chi connectivity index (χ4v) is 1.66. The Hall–Kier alpha value is -1.46. The number of aromatic nitrogens is 4. The number of unbranched alkanes of at least 4 members (excludes halogenated alkanes) is 4. The van der Waals surface area contributed by atoms with Gasteiger partial charge in [0.2, 0.25) is 0 Å². The number of hydrogen-bond acceptors (Lipinski definition) is 4. The number of tetrazole rings is 1. The van der Waals surface area contributed by atoms with Gasteiger partial charge in [-0.1, -0.05) is 32.6 Å². The maximum Gasteiger partial charge on any atom is 0.303 e. The summed E-state index contributed by atoms with van der Waals surface area (Å²) >= 11 is 0. The van der Waals surface area contributed by atoms with Gasteiger partial charge in [-0.15, -0.1) is 5.10 Å². The van der Waals surface area contributed by atoms with Gasteiger partial charge in [-0.3, -0.25) is 4.79 Å². The molecule has 0 radical (unpaired) electrons. The molecular formula is C11H20N4O2. The van der Waals surface area contributed by atoms with Crippen molar-refractivity contribution < 1.29 is 9.90 Å². The van der Waals surface area contributed by atoms with Crippen LogP contribution in [0.2, 0.25) is 0 Å². The lowest BCUT2D eigenvalue weighted by molar-refractivity contribution is -0.137. The summed E-state index contributed by atoms with van der Waals surface area (Å²) in [6.07, 6.45) is 6.43. The molecule has 0 aliphatic rings. The average molecular weight is 240 g/mol. The van der Waals surface area contributed by atoms with Crippen LogP contribution < -0.4 is 0 Å². The molecule has 1 aromatic rings. The molecule has 0 spiro atoms. The van der Waals surface area contributed by atoms with Crippen molar-refractivity contribution in [3.63, 3.8) is 0 Å². The van der Waals surface area contributed by atoms with E-state index in [-0.39, 0.29) is 6.42 Å². The Balaban J connectivity index is 2.27. The molecule has 0 saturated carbocycles. The van der Waals surface area contributed by atoms with E-state index in [0.717, 1.165) is 13.0 Å². The van der Waals surface area contributed by atoms with E-state index >= 15 is 0 Å². The smallest absolute Gasteiger partial charge is 0.303 e. The van der Waals surface area contributed by atoms with Crippen LogP contribution in [0.1, 0.15) is 51.3 Å². The molecule has 0 saturated heterocycles. The van der Waals surface area contributed by atoms with Gasteiger partial charge in [-0.25, -0.2) is 4.68 Å². The molecule has 1 rings (SSSR count). The average Bonchev–Trinajstić information content (AvgIpc) is 2.73. The number of carbonyl (C=O) groups is 1. The van der Waals surface area contributed by atoms with Crippen molar-refractivity contribution in [3.8, 4) is 0 Å². The third-order valence-electron chi connectivity index (χ3n) is 2.64. The van der Waals surface area contributed by atoms with E-state index < -0.39 is 5.97 Å². The van der Waals surface area contributed by atoms with E-state index in [4.69, 9.17) is 5.11 Å². The topological polar surface area (TPSA) is 80.9 Å². The Kier molecular flexibility index (Phi) is 6.21. The normalized spacial score (nSPS) is 10.6. The standard InChI is InChI=1S/C11H20N4O2/c1-2-3-4-5-6-9-15-10(12-13-14-15)7-8-11(16)17/h2-9H2,1H3,(H,16,17). The van der Waals surface area contributed by atoms with Gasteiger partial charge in [0.1, 0.15) is 0 Å². The van der Waals surface area contributed by atoms with Crippen molar-refractivity contribution >= 4 is 5.97 Å². The van der Waals surface area contributed by atoms with Crippen LogP contribution >= 0.6 is 0 Å². The third kappa shape index (κ3) is 5.42. The van der Waals surface area contributed by atoms with Gasteiger partial charge in [-0.2, -0.15) is 0 Å².